The lowest BCUT2D eigenvalue weighted by Crippen LogP contribution is -2.30. The van der Waals surface area contributed by atoms with Crippen molar-refractivity contribution in [2.75, 3.05) is 18.4 Å². The van der Waals surface area contributed by atoms with E-state index >= 15 is 0 Å². The van der Waals surface area contributed by atoms with Crippen LogP contribution in [0.2, 0.25) is 0 Å². The lowest BCUT2D eigenvalue weighted by Gasteiger charge is -2.18. The third kappa shape index (κ3) is 5.07. The molecular formula is C20H22F3N5O3S. The standard InChI is InChI=1S/C20H22F3N5O3S/c1-3-27(4-2)32(30,31)16-8-9-18-17(13-16)25-26-28(18)11-10-19(29)24-15-7-5-6-14(12-15)20(21,22)23/h5-9,12-13H,3-4,10-11H2,1-2H3,(H,24,29). The molecule has 1 amide bonds. The molecule has 8 nitrogen and oxygen atoms in total. The first-order chi connectivity index (χ1) is 15.1. The molecule has 0 fully saturated rings. The minimum Gasteiger partial charge on any atom is -0.326 e. The topological polar surface area (TPSA) is 97.2 Å². The van der Waals surface area contributed by atoms with Gasteiger partial charge in [-0.15, -0.1) is 5.10 Å². The van der Waals surface area contributed by atoms with Crippen molar-refractivity contribution < 1.29 is 26.4 Å². The number of halogens is 3. The first kappa shape index (κ1) is 23.7. The van der Waals surface area contributed by atoms with Gasteiger partial charge in [0.2, 0.25) is 15.9 Å². The van der Waals surface area contributed by atoms with Gasteiger partial charge in [-0.25, -0.2) is 13.1 Å². The number of aromatic nitrogens is 3. The van der Waals surface area contributed by atoms with Gasteiger partial charge in [-0.05, 0) is 36.4 Å². The fourth-order valence-corrected chi connectivity index (χ4v) is 4.67. The number of aryl methyl sites for hydroxylation is 1. The maximum absolute atomic E-state index is 12.8. The van der Waals surface area contributed by atoms with Crippen molar-refractivity contribution in [1.82, 2.24) is 19.3 Å². The molecule has 1 aromatic heterocycles. The van der Waals surface area contributed by atoms with E-state index in [9.17, 15) is 26.4 Å². The Morgan fingerprint density at radius 1 is 1.12 bits per heavy atom. The number of alkyl halides is 3. The average molecular weight is 469 g/mol. The second-order valence-electron chi connectivity index (χ2n) is 6.93. The van der Waals surface area contributed by atoms with Gasteiger partial charge < -0.3 is 5.32 Å². The molecule has 0 atom stereocenters. The molecule has 0 saturated heterocycles. The van der Waals surface area contributed by atoms with Crippen LogP contribution in [0.3, 0.4) is 0 Å². The van der Waals surface area contributed by atoms with Crippen molar-refractivity contribution in [2.45, 2.75) is 37.9 Å². The van der Waals surface area contributed by atoms with Crippen LogP contribution in [0, 0.1) is 0 Å². The van der Waals surface area contributed by atoms with Crippen LogP contribution >= 0.6 is 0 Å². The number of anilines is 1. The zero-order valence-electron chi connectivity index (χ0n) is 17.4. The number of carbonyl (C=O) groups is 1. The Hall–Kier alpha value is -2.99. The molecule has 1 heterocycles. The fourth-order valence-electron chi connectivity index (χ4n) is 3.19. The maximum Gasteiger partial charge on any atom is 0.416 e. The molecule has 0 aliphatic heterocycles. The van der Waals surface area contributed by atoms with Crippen LogP contribution in [0.15, 0.2) is 47.4 Å². The summed E-state index contributed by atoms with van der Waals surface area (Å²) in [6.45, 7) is 4.29. The lowest BCUT2D eigenvalue weighted by atomic mass is 10.2. The highest BCUT2D eigenvalue weighted by Gasteiger charge is 2.30. The van der Waals surface area contributed by atoms with Crippen LogP contribution in [0.25, 0.3) is 11.0 Å². The first-order valence-corrected chi connectivity index (χ1v) is 11.3. The highest BCUT2D eigenvalue weighted by Crippen LogP contribution is 2.30. The molecule has 12 heteroatoms. The minimum absolute atomic E-state index is 0.0412. The van der Waals surface area contributed by atoms with E-state index in [4.69, 9.17) is 0 Å². The first-order valence-electron chi connectivity index (χ1n) is 9.86. The zero-order valence-corrected chi connectivity index (χ0v) is 18.2. The predicted octanol–water partition coefficient (Wildman–Crippen LogP) is 3.51. The second-order valence-corrected chi connectivity index (χ2v) is 8.87. The molecule has 3 aromatic rings. The molecule has 0 unspecified atom stereocenters. The number of rotatable bonds is 8. The molecule has 172 valence electrons. The Labute approximate surface area is 183 Å². The van der Waals surface area contributed by atoms with E-state index in [-0.39, 0.29) is 23.5 Å². The molecule has 0 radical (unpaired) electrons. The van der Waals surface area contributed by atoms with Gasteiger partial charge in [-0.1, -0.05) is 25.1 Å². The van der Waals surface area contributed by atoms with Gasteiger partial charge in [-0.3, -0.25) is 4.79 Å². The number of nitrogens with zero attached hydrogens (tertiary/aromatic N) is 4. The van der Waals surface area contributed by atoms with Crippen LogP contribution < -0.4 is 5.32 Å². The molecule has 1 N–H and O–H groups in total. The molecule has 0 aliphatic rings. The lowest BCUT2D eigenvalue weighted by molar-refractivity contribution is -0.137. The SMILES string of the molecule is CCN(CC)S(=O)(=O)c1ccc2c(c1)nnn2CCC(=O)Nc1cccc(C(F)(F)F)c1. The van der Waals surface area contributed by atoms with Crippen LogP contribution in [-0.4, -0.2) is 46.7 Å². The van der Waals surface area contributed by atoms with Gasteiger partial charge in [0.25, 0.3) is 0 Å². The summed E-state index contributed by atoms with van der Waals surface area (Å²) in [5.74, 6) is -0.492. The van der Waals surface area contributed by atoms with E-state index in [0.29, 0.717) is 24.1 Å². The summed E-state index contributed by atoms with van der Waals surface area (Å²) in [5.41, 5.74) is 0.0828. The highest BCUT2D eigenvalue weighted by molar-refractivity contribution is 7.89. The Morgan fingerprint density at radius 3 is 2.50 bits per heavy atom. The van der Waals surface area contributed by atoms with Crippen LogP contribution in [-0.2, 0) is 27.5 Å². The molecular weight excluding hydrogens is 447 g/mol. The molecule has 2 aromatic carbocycles. The molecule has 32 heavy (non-hydrogen) atoms. The van der Waals surface area contributed by atoms with Crippen molar-refractivity contribution in [2.24, 2.45) is 0 Å². The molecule has 0 saturated carbocycles. The van der Waals surface area contributed by atoms with Crippen molar-refractivity contribution in [3.05, 3.63) is 48.0 Å². The number of nitrogens with one attached hydrogen (secondary N) is 1. The summed E-state index contributed by atoms with van der Waals surface area (Å²) in [7, 11) is -3.65. The van der Waals surface area contributed by atoms with Crippen LogP contribution in [0.5, 0.6) is 0 Å². The van der Waals surface area contributed by atoms with E-state index in [1.165, 1.54) is 33.3 Å². The summed E-state index contributed by atoms with van der Waals surface area (Å²) < 4.78 is 66.5. The Balaban J connectivity index is 1.70. The molecule has 0 aliphatic carbocycles. The number of hydrogen-bond donors (Lipinski definition) is 1. The summed E-state index contributed by atoms with van der Waals surface area (Å²) in [6, 6.07) is 8.82. The zero-order chi connectivity index (χ0) is 23.5. The van der Waals surface area contributed by atoms with E-state index in [1.807, 2.05) is 0 Å². The predicted molar refractivity (Wildman–Crippen MR) is 112 cm³/mol. The number of hydrogen-bond acceptors (Lipinski definition) is 5. The van der Waals surface area contributed by atoms with Gasteiger partial charge in [0.15, 0.2) is 0 Å². The Morgan fingerprint density at radius 2 is 1.84 bits per heavy atom. The third-order valence-corrected chi connectivity index (χ3v) is 6.90. The number of carbonyl (C=O) groups excluding carboxylic acids is 1. The smallest absolute Gasteiger partial charge is 0.326 e. The van der Waals surface area contributed by atoms with Crippen molar-refractivity contribution in [1.29, 1.82) is 0 Å². The number of fused-ring (bicyclic) bond motifs is 1. The monoisotopic (exact) mass is 469 g/mol. The van der Waals surface area contributed by atoms with Gasteiger partial charge in [0.05, 0.1) is 22.5 Å². The highest BCUT2D eigenvalue weighted by atomic mass is 32.2. The van der Waals surface area contributed by atoms with Crippen LogP contribution in [0.4, 0.5) is 18.9 Å². The normalized spacial score (nSPS) is 12.4. The Bertz CT molecular complexity index is 1220. The average Bonchev–Trinajstić information content (AvgIpc) is 3.15. The summed E-state index contributed by atoms with van der Waals surface area (Å²) in [6.07, 6.45) is -4.56. The van der Waals surface area contributed by atoms with Crippen LogP contribution in [0.1, 0.15) is 25.8 Å². The van der Waals surface area contributed by atoms with Gasteiger partial charge in [0.1, 0.15) is 5.52 Å². The molecule has 0 spiro atoms. The summed E-state index contributed by atoms with van der Waals surface area (Å²) in [5, 5.41) is 10.4. The number of amides is 1. The quantitative estimate of drug-likeness (QED) is 0.545. The molecule has 0 bridgehead atoms. The van der Waals surface area contributed by atoms with E-state index in [2.05, 4.69) is 15.6 Å². The van der Waals surface area contributed by atoms with E-state index < -0.39 is 27.7 Å². The fraction of sp³-hybridized carbons (Fsp3) is 0.350. The van der Waals surface area contributed by atoms with E-state index in [0.717, 1.165) is 12.1 Å². The maximum atomic E-state index is 12.8. The van der Waals surface area contributed by atoms with Crippen molar-refractivity contribution in [3.8, 4) is 0 Å². The Kier molecular flexibility index (Phi) is 6.84. The number of benzene rings is 2. The summed E-state index contributed by atoms with van der Waals surface area (Å²) in [4.78, 5) is 12.3. The van der Waals surface area contributed by atoms with Crippen molar-refractivity contribution in [3.63, 3.8) is 0 Å². The minimum atomic E-state index is -4.50. The van der Waals surface area contributed by atoms with Crippen molar-refractivity contribution >= 4 is 32.7 Å². The van der Waals surface area contributed by atoms with Gasteiger partial charge in [-0.2, -0.15) is 17.5 Å². The number of sulfonamides is 1. The van der Waals surface area contributed by atoms with E-state index in [1.54, 1.807) is 19.9 Å². The third-order valence-electron chi connectivity index (χ3n) is 4.85. The summed E-state index contributed by atoms with van der Waals surface area (Å²) >= 11 is 0. The molecule has 3 rings (SSSR count). The van der Waals surface area contributed by atoms with Gasteiger partial charge in [0, 0.05) is 25.2 Å². The largest absolute Gasteiger partial charge is 0.416 e. The second kappa shape index (κ2) is 9.25. The van der Waals surface area contributed by atoms with Gasteiger partial charge >= 0.3 is 6.18 Å².